The number of carbonyl (C=O) groups excluding carboxylic acids is 2. The van der Waals surface area contributed by atoms with E-state index in [4.69, 9.17) is 25.8 Å². The van der Waals surface area contributed by atoms with Gasteiger partial charge in [-0.25, -0.2) is 0 Å². The van der Waals surface area contributed by atoms with E-state index in [9.17, 15) is 9.59 Å². The van der Waals surface area contributed by atoms with Gasteiger partial charge in [0.2, 0.25) is 0 Å². The highest BCUT2D eigenvalue weighted by Crippen LogP contribution is 2.36. The topological polar surface area (TPSA) is 77.1 Å². The van der Waals surface area contributed by atoms with Gasteiger partial charge in [-0.1, -0.05) is 11.6 Å². The van der Waals surface area contributed by atoms with Gasteiger partial charge in [-0.15, -0.1) is 12.6 Å². The molecule has 1 atom stereocenters. The number of nitrogens with zero attached hydrogens (tertiary/aromatic N) is 1. The van der Waals surface area contributed by atoms with Crippen LogP contribution in [0.4, 0.5) is 5.69 Å². The van der Waals surface area contributed by atoms with Crippen molar-refractivity contribution in [3.8, 4) is 17.2 Å². The summed E-state index contributed by atoms with van der Waals surface area (Å²) in [5.74, 6) is 0.218. The highest BCUT2D eigenvalue weighted by molar-refractivity contribution is 7.81. The Hall–Kier alpha value is -2.84. The van der Waals surface area contributed by atoms with Crippen molar-refractivity contribution >= 4 is 47.8 Å². The largest absolute Gasteiger partial charge is 0.496 e. The molecule has 0 spiro atoms. The van der Waals surface area contributed by atoms with E-state index in [1.165, 1.54) is 32.3 Å². The Labute approximate surface area is 178 Å². The first-order chi connectivity index (χ1) is 13.9. The molecule has 0 bridgehead atoms. The molecule has 0 radical (unpaired) electrons. The molecule has 1 aliphatic heterocycles. The van der Waals surface area contributed by atoms with E-state index in [0.29, 0.717) is 33.5 Å². The fourth-order valence-electron chi connectivity index (χ4n) is 2.90. The smallest absolute Gasteiger partial charge is 0.266 e. The Morgan fingerprint density at radius 1 is 1.03 bits per heavy atom. The van der Waals surface area contributed by atoms with Gasteiger partial charge in [0.05, 0.1) is 26.9 Å². The van der Waals surface area contributed by atoms with Crippen LogP contribution in [-0.2, 0) is 9.59 Å². The van der Waals surface area contributed by atoms with E-state index in [1.54, 1.807) is 36.4 Å². The van der Waals surface area contributed by atoms with E-state index in [-0.39, 0.29) is 5.57 Å². The Morgan fingerprint density at radius 3 is 2.14 bits per heavy atom. The molecule has 3 rings (SSSR count). The number of hydrogen-bond donors (Lipinski definition) is 2. The van der Waals surface area contributed by atoms with E-state index in [1.807, 2.05) is 0 Å². The van der Waals surface area contributed by atoms with E-state index >= 15 is 0 Å². The van der Waals surface area contributed by atoms with Crippen molar-refractivity contribution in [3.63, 3.8) is 0 Å². The van der Waals surface area contributed by atoms with Gasteiger partial charge >= 0.3 is 0 Å². The van der Waals surface area contributed by atoms with Crippen molar-refractivity contribution in [2.75, 3.05) is 26.2 Å². The van der Waals surface area contributed by atoms with Crippen LogP contribution in [0, 0.1) is 0 Å². The fourth-order valence-corrected chi connectivity index (χ4v) is 3.39. The lowest BCUT2D eigenvalue weighted by Gasteiger charge is -2.34. The van der Waals surface area contributed by atoms with Crippen LogP contribution >= 0.6 is 24.2 Å². The number of carbonyl (C=O) groups is 2. The lowest BCUT2D eigenvalue weighted by Crippen LogP contribution is -2.55. The summed E-state index contributed by atoms with van der Waals surface area (Å²) in [4.78, 5) is 27.1. The zero-order valence-corrected chi connectivity index (χ0v) is 17.6. The lowest BCUT2D eigenvalue weighted by molar-refractivity contribution is -0.124. The van der Waals surface area contributed by atoms with Crippen molar-refractivity contribution in [1.29, 1.82) is 0 Å². The van der Waals surface area contributed by atoms with Gasteiger partial charge in [0, 0.05) is 22.8 Å². The number of benzene rings is 2. The molecule has 2 aromatic carbocycles. The lowest BCUT2D eigenvalue weighted by atomic mass is 10.0. The highest BCUT2D eigenvalue weighted by Gasteiger charge is 2.36. The first-order valence-electron chi connectivity index (χ1n) is 8.49. The number of anilines is 1. The normalized spacial score (nSPS) is 17.9. The third-order valence-electron chi connectivity index (χ3n) is 4.35. The summed E-state index contributed by atoms with van der Waals surface area (Å²) < 4.78 is 16.0. The van der Waals surface area contributed by atoms with Crippen LogP contribution in [-0.4, -0.2) is 38.6 Å². The van der Waals surface area contributed by atoms with Gasteiger partial charge < -0.3 is 19.5 Å². The Bertz CT molecular complexity index is 952. The van der Waals surface area contributed by atoms with Gasteiger partial charge in [0.1, 0.15) is 22.8 Å². The number of thiol groups is 1. The molecule has 1 aliphatic rings. The summed E-state index contributed by atoms with van der Waals surface area (Å²) in [5.41, 5.74) is 0.0573. The van der Waals surface area contributed by atoms with Crippen LogP contribution in [0.3, 0.4) is 0 Å². The molecular weight excluding hydrogens is 416 g/mol. The third-order valence-corrected chi connectivity index (χ3v) is 4.96. The molecule has 7 nitrogen and oxygen atoms in total. The van der Waals surface area contributed by atoms with Gasteiger partial charge in [-0.05, 0) is 30.3 Å². The third kappa shape index (κ3) is 4.13. The summed E-state index contributed by atoms with van der Waals surface area (Å²) >= 11 is 10.3. The first-order valence-corrected chi connectivity index (χ1v) is 9.38. The van der Waals surface area contributed by atoms with Gasteiger partial charge in [-0.3, -0.25) is 14.5 Å². The molecule has 1 unspecified atom stereocenters. The van der Waals surface area contributed by atoms with Crippen LogP contribution in [0.25, 0.3) is 6.08 Å². The number of ether oxygens (including phenoxy) is 3. The van der Waals surface area contributed by atoms with E-state index < -0.39 is 17.3 Å². The molecule has 152 valence electrons. The van der Waals surface area contributed by atoms with Gasteiger partial charge in [0.25, 0.3) is 11.8 Å². The molecule has 9 heteroatoms. The summed E-state index contributed by atoms with van der Waals surface area (Å²) in [6, 6.07) is 9.93. The van der Waals surface area contributed by atoms with Crippen LogP contribution in [0.2, 0.25) is 5.02 Å². The highest BCUT2D eigenvalue weighted by atomic mass is 35.5. The minimum Gasteiger partial charge on any atom is -0.496 e. The number of amides is 2. The fraction of sp³-hybridized carbons (Fsp3) is 0.200. The van der Waals surface area contributed by atoms with E-state index in [2.05, 4.69) is 17.9 Å². The van der Waals surface area contributed by atoms with Crippen LogP contribution in [0.5, 0.6) is 17.2 Å². The van der Waals surface area contributed by atoms with Crippen molar-refractivity contribution in [2.24, 2.45) is 0 Å². The van der Waals surface area contributed by atoms with Crippen molar-refractivity contribution in [1.82, 2.24) is 5.32 Å². The number of hydrogen-bond acceptors (Lipinski definition) is 6. The first kappa shape index (κ1) is 20.9. The molecular formula is C20H19ClN2O5S. The molecule has 2 aromatic rings. The second-order valence-corrected chi connectivity index (χ2v) is 6.93. The zero-order valence-electron chi connectivity index (χ0n) is 15.9. The second-order valence-electron chi connectivity index (χ2n) is 6.00. The van der Waals surface area contributed by atoms with Gasteiger partial charge in [0.15, 0.2) is 5.50 Å². The molecule has 1 N–H and O–H groups in total. The maximum absolute atomic E-state index is 13.2. The summed E-state index contributed by atoms with van der Waals surface area (Å²) in [5, 5.41) is 3.19. The minimum absolute atomic E-state index is 0.0907. The Balaban J connectivity index is 2.09. The summed E-state index contributed by atoms with van der Waals surface area (Å²) in [6.45, 7) is 0. The maximum atomic E-state index is 13.2. The van der Waals surface area contributed by atoms with Crippen molar-refractivity contribution in [2.45, 2.75) is 5.50 Å². The maximum Gasteiger partial charge on any atom is 0.266 e. The molecule has 0 aliphatic carbocycles. The average Bonchev–Trinajstić information content (AvgIpc) is 2.71. The molecule has 1 fully saturated rings. The quantitative estimate of drug-likeness (QED) is 0.429. The summed E-state index contributed by atoms with van der Waals surface area (Å²) in [6.07, 6.45) is 1.43. The standard InChI is InChI=1S/C20H19ClN2O5S/c1-26-13-8-16(27-2)14(17(9-13)28-3)10-15-18(24)22-20(29)23(19(15)25)12-6-4-11(21)5-7-12/h4-10,20,29H,1-3H3,(H,22,24)/b15-10-. The molecule has 0 saturated carbocycles. The van der Waals surface area contributed by atoms with Crippen LogP contribution < -0.4 is 24.4 Å². The van der Waals surface area contributed by atoms with Crippen molar-refractivity contribution < 1.29 is 23.8 Å². The number of halogens is 1. The van der Waals surface area contributed by atoms with Crippen LogP contribution in [0.15, 0.2) is 42.0 Å². The molecule has 29 heavy (non-hydrogen) atoms. The molecule has 1 heterocycles. The second kappa shape index (κ2) is 8.67. The number of nitrogens with one attached hydrogen (secondary N) is 1. The SMILES string of the molecule is COc1cc(OC)c(/C=C2/C(=O)NC(S)N(c3ccc(Cl)cc3)C2=O)c(OC)c1. The molecule has 0 aromatic heterocycles. The molecule has 2 amide bonds. The van der Waals surface area contributed by atoms with E-state index in [0.717, 1.165) is 0 Å². The predicted molar refractivity (Wildman–Crippen MR) is 114 cm³/mol. The minimum atomic E-state index is -0.826. The molecule has 1 saturated heterocycles. The zero-order chi connectivity index (χ0) is 21.1. The van der Waals surface area contributed by atoms with Crippen LogP contribution in [0.1, 0.15) is 5.56 Å². The Morgan fingerprint density at radius 2 is 1.62 bits per heavy atom. The number of rotatable bonds is 5. The monoisotopic (exact) mass is 434 g/mol. The predicted octanol–water partition coefficient (Wildman–Crippen LogP) is 3.13. The van der Waals surface area contributed by atoms with Crippen molar-refractivity contribution in [3.05, 3.63) is 52.6 Å². The summed E-state index contributed by atoms with van der Waals surface area (Å²) in [7, 11) is 4.47. The van der Waals surface area contributed by atoms with Gasteiger partial charge in [-0.2, -0.15) is 0 Å². The average molecular weight is 435 g/mol. The Kier molecular flexibility index (Phi) is 6.24. The number of methoxy groups -OCH3 is 3.